The van der Waals surface area contributed by atoms with Gasteiger partial charge >= 0.3 is 0 Å². The summed E-state index contributed by atoms with van der Waals surface area (Å²) in [6.07, 6.45) is 0. The van der Waals surface area contributed by atoms with Crippen molar-refractivity contribution in [2.24, 2.45) is 0 Å². The number of hydrogen-bond acceptors (Lipinski definition) is 3. The fourth-order valence-corrected chi connectivity index (χ4v) is 1.42. The summed E-state index contributed by atoms with van der Waals surface area (Å²) in [7, 11) is 0. The first kappa shape index (κ1) is 10.4. The minimum Gasteiger partial charge on any atom is -0.350 e. The van der Waals surface area contributed by atoms with Crippen LogP contribution in [0.5, 0.6) is 0 Å². The third kappa shape index (κ3) is 3.72. The Morgan fingerprint density at radius 1 is 1.31 bits per heavy atom. The monoisotopic (exact) mass is 243 g/mol. The first-order valence-corrected chi connectivity index (χ1v) is 4.95. The van der Waals surface area contributed by atoms with Gasteiger partial charge in [0, 0.05) is 11.2 Å². The SMILES string of the molecule is Cc1cc(Br)nc(NC(C)(C)C)n1. The molecule has 0 unspecified atom stereocenters. The van der Waals surface area contributed by atoms with E-state index in [9.17, 15) is 0 Å². The Morgan fingerprint density at radius 2 is 1.92 bits per heavy atom. The molecule has 72 valence electrons. The van der Waals surface area contributed by atoms with Crippen LogP contribution in [0.15, 0.2) is 10.7 Å². The van der Waals surface area contributed by atoms with Gasteiger partial charge in [0.15, 0.2) is 0 Å². The smallest absolute Gasteiger partial charge is 0.224 e. The van der Waals surface area contributed by atoms with E-state index in [0.717, 1.165) is 10.3 Å². The highest BCUT2D eigenvalue weighted by Gasteiger charge is 2.11. The summed E-state index contributed by atoms with van der Waals surface area (Å²) in [5.74, 6) is 0.666. The highest BCUT2D eigenvalue weighted by Crippen LogP contribution is 2.14. The number of hydrogen-bond donors (Lipinski definition) is 1. The molecule has 0 saturated heterocycles. The lowest BCUT2D eigenvalue weighted by Gasteiger charge is -2.20. The van der Waals surface area contributed by atoms with Gasteiger partial charge in [-0.1, -0.05) is 0 Å². The van der Waals surface area contributed by atoms with Crippen molar-refractivity contribution in [1.82, 2.24) is 9.97 Å². The molecule has 0 radical (unpaired) electrons. The molecule has 1 N–H and O–H groups in total. The molecule has 0 bridgehead atoms. The number of halogens is 1. The number of rotatable bonds is 1. The Bertz CT molecular complexity index is 284. The molecule has 0 fully saturated rings. The molecular formula is C9H14BrN3. The predicted molar refractivity (Wildman–Crippen MR) is 57.8 cm³/mol. The van der Waals surface area contributed by atoms with E-state index >= 15 is 0 Å². The van der Waals surface area contributed by atoms with Gasteiger partial charge in [0.05, 0.1) is 0 Å². The van der Waals surface area contributed by atoms with E-state index < -0.39 is 0 Å². The number of anilines is 1. The van der Waals surface area contributed by atoms with Crippen LogP contribution in [0.1, 0.15) is 26.5 Å². The normalized spacial score (nSPS) is 11.5. The molecule has 3 nitrogen and oxygen atoms in total. The largest absolute Gasteiger partial charge is 0.350 e. The molecule has 0 spiro atoms. The van der Waals surface area contributed by atoms with Gasteiger partial charge in [-0.15, -0.1) is 0 Å². The predicted octanol–water partition coefficient (Wildman–Crippen LogP) is 2.76. The Labute approximate surface area is 87.1 Å². The molecule has 0 aromatic carbocycles. The molecule has 1 heterocycles. The molecule has 4 heteroatoms. The number of nitrogens with one attached hydrogen (secondary N) is 1. The molecular weight excluding hydrogens is 230 g/mol. The van der Waals surface area contributed by atoms with Gasteiger partial charge in [-0.3, -0.25) is 0 Å². The van der Waals surface area contributed by atoms with Crippen LogP contribution in [-0.2, 0) is 0 Å². The van der Waals surface area contributed by atoms with Crippen molar-refractivity contribution in [3.8, 4) is 0 Å². The average molecular weight is 244 g/mol. The fourth-order valence-electron chi connectivity index (χ4n) is 0.921. The summed E-state index contributed by atoms with van der Waals surface area (Å²) < 4.78 is 0.812. The summed E-state index contributed by atoms with van der Waals surface area (Å²) in [6, 6.07) is 1.88. The van der Waals surface area contributed by atoms with Crippen molar-refractivity contribution >= 4 is 21.9 Å². The van der Waals surface area contributed by atoms with Crippen LogP contribution >= 0.6 is 15.9 Å². The average Bonchev–Trinajstić information content (AvgIpc) is 1.78. The van der Waals surface area contributed by atoms with Crippen LogP contribution in [0, 0.1) is 6.92 Å². The molecule has 0 aliphatic heterocycles. The van der Waals surface area contributed by atoms with Gasteiger partial charge in [0.1, 0.15) is 4.60 Å². The van der Waals surface area contributed by atoms with Crippen molar-refractivity contribution in [2.75, 3.05) is 5.32 Å². The lowest BCUT2D eigenvalue weighted by Crippen LogP contribution is -2.27. The Hall–Kier alpha value is -0.640. The van der Waals surface area contributed by atoms with Crippen LogP contribution in [0.2, 0.25) is 0 Å². The third-order valence-electron chi connectivity index (χ3n) is 1.31. The molecule has 0 amide bonds. The summed E-state index contributed by atoms with van der Waals surface area (Å²) in [4.78, 5) is 8.48. The highest BCUT2D eigenvalue weighted by atomic mass is 79.9. The zero-order valence-corrected chi connectivity index (χ0v) is 9.94. The van der Waals surface area contributed by atoms with E-state index in [2.05, 4.69) is 52.0 Å². The molecule has 13 heavy (non-hydrogen) atoms. The van der Waals surface area contributed by atoms with Gasteiger partial charge in [0.25, 0.3) is 0 Å². The maximum Gasteiger partial charge on any atom is 0.224 e. The van der Waals surface area contributed by atoms with Crippen molar-refractivity contribution in [3.05, 3.63) is 16.4 Å². The maximum absolute atomic E-state index is 4.27. The number of aryl methyl sites for hydroxylation is 1. The Balaban J connectivity index is 2.90. The fraction of sp³-hybridized carbons (Fsp3) is 0.556. The van der Waals surface area contributed by atoms with Crippen molar-refractivity contribution in [1.29, 1.82) is 0 Å². The molecule has 0 atom stereocenters. The first-order valence-electron chi connectivity index (χ1n) is 4.16. The molecule has 1 rings (SSSR count). The van der Waals surface area contributed by atoms with Crippen LogP contribution in [0.4, 0.5) is 5.95 Å². The van der Waals surface area contributed by atoms with Gasteiger partial charge < -0.3 is 5.32 Å². The number of nitrogens with zero attached hydrogens (tertiary/aromatic N) is 2. The zero-order valence-electron chi connectivity index (χ0n) is 8.35. The summed E-state index contributed by atoms with van der Waals surface area (Å²) in [5, 5.41) is 3.21. The summed E-state index contributed by atoms with van der Waals surface area (Å²) in [6.45, 7) is 8.17. The van der Waals surface area contributed by atoms with Gasteiger partial charge in [0.2, 0.25) is 5.95 Å². The van der Waals surface area contributed by atoms with Gasteiger partial charge in [-0.05, 0) is 49.7 Å². The second-order valence-corrected chi connectivity index (χ2v) is 4.84. The highest BCUT2D eigenvalue weighted by molar-refractivity contribution is 9.10. The van der Waals surface area contributed by atoms with Crippen LogP contribution in [-0.4, -0.2) is 15.5 Å². The summed E-state index contributed by atoms with van der Waals surface area (Å²) in [5.41, 5.74) is 0.946. The minimum absolute atomic E-state index is 0.00671. The van der Waals surface area contributed by atoms with Crippen LogP contribution < -0.4 is 5.32 Å². The third-order valence-corrected chi connectivity index (χ3v) is 1.72. The zero-order chi connectivity index (χ0) is 10.1. The van der Waals surface area contributed by atoms with Crippen molar-refractivity contribution in [2.45, 2.75) is 33.2 Å². The van der Waals surface area contributed by atoms with E-state index in [1.165, 1.54) is 0 Å². The second-order valence-electron chi connectivity index (χ2n) is 4.03. The lowest BCUT2D eigenvalue weighted by molar-refractivity contribution is 0.625. The van der Waals surface area contributed by atoms with Gasteiger partial charge in [-0.2, -0.15) is 0 Å². The molecule has 1 aromatic rings. The molecule has 0 aliphatic rings. The van der Waals surface area contributed by atoms with Crippen LogP contribution in [0.3, 0.4) is 0 Å². The standard InChI is InChI=1S/C9H14BrN3/c1-6-5-7(10)12-8(11-6)13-9(2,3)4/h5H,1-4H3,(H,11,12,13). The van der Waals surface area contributed by atoms with E-state index in [-0.39, 0.29) is 5.54 Å². The molecule has 0 aliphatic carbocycles. The summed E-state index contributed by atoms with van der Waals surface area (Å²) >= 11 is 3.33. The Kier molecular flexibility index (Phi) is 2.91. The van der Waals surface area contributed by atoms with Gasteiger partial charge in [-0.25, -0.2) is 9.97 Å². The lowest BCUT2D eigenvalue weighted by atomic mass is 10.1. The minimum atomic E-state index is -0.00671. The van der Waals surface area contributed by atoms with Crippen molar-refractivity contribution < 1.29 is 0 Å². The topological polar surface area (TPSA) is 37.8 Å². The Morgan fingerprint density at radius 3 is 2.38 bits per heavy atom. The van der Waals surface area contributed by atoms with Crippen molar-refractivity contribution in [3.63, 3.8) is 0 Å². The van der Waals surface area contributed by atoms with Crippen LogP contribution in [0.25, 0.3) is 0 Å². The second kappa shape index (κ2) is 3.62. The molecule has 0 saturated carbocycles. The first-order chi connectivity index (χ1) is 5.87. The quantitative estimate of drug-likeness (QED) is 0.772. The van der Waals surface area contributed by atoms with E-state index in [1.54, 1.807) is 0 Å². The van der Waals surface area contributed by atoms with E-state index in [0.29, 0.717) is 5.95 Å². The van der Waals surface area contributed by atoms with E-state index in [4.69, 9.17) is 0 Å². The molecule has 1 aromatic heterocycles. The maximum atomic E-state index is 4.27. The van der Waals surface area contributed by atoms with E-state index in [1.807, 2.05) is 13.0 Å². The number of aromatic nitrogens is 2.